The molecule has 0 saturated heterocycles. The molecule has 0 amide bonds. The Labute approximate surface area is 119 Å². The van der Waals surface area contributed by atoms with Crippen LogP contribution in [0.3, 0.4) is 0 Å². The van der Waals surface area contributed by atoms with Gasteiger partial charge in [0.25, 0.3) is 0 Å². The van der Waals surface area contributed by atoms with E-state index < -0.39 is 0 Å². The summed E-state index contributed by atoms with van der Waals surface area (Å²) in [6.07, 6.45) is 2.47. The molecule has 1 heterocycles. The highest BCUT2D eigenvalue weighted by Crippen LogP contribution is 2.27. The zero-order valence-electron chi connectivity index (χ0n) is 10.9. The highest BCUT2D eigenvalue weighted by molar-refractivity contribution is 9.10. The fraction of sp³-hybridized carbons (Fsp3) is 0.286. The Kier molecular flexibility index (Phi) is 3.58. The van der Waals surface area contributed by atoms with Gasteiger partial charge in [-0.1, -0.05) is 0 Å². The van der Waals surface area contributed by atoms with Crippen LogP contribution < -0.4 is 0 Å². The zero-order chi connectivity index (χ0) is 14.2. The highest BCUT2D eigenvalue weighted by Gasteiger charge is 2.19. The number of halogens is 2. The quantitative estimate of drug-likeness (QED) is 0.782. The van der Waals surface area contributed by atoms with Crippen molar-refractivity contribution in [2.45, 2.75) is 26.3 Å². The third-order valence-electron chi connectivity index (χ3n) is 2.75. The Morgan fingerprint density at radius 3 is 2.58 bits per heavy atom. The van der Waals surface area contributed by atoms with Crippen molar-refractivity contribution in [2.75, 3.05) is 0 Å². The van der Waals surface area contributed by atoms with Gasteiger partial charge < -0.3 is 0 Å². The lowest BCUT2D eigenvalue weighted by atomic mass is 10.1. The summed E-state index contributed by atoms with van der Waals surface area (Å²) in [7, 11) is 0. The molecule has 100 valence electrons. The summed E-state index contributed by atoms with van der Waals surface area (Å²) in [4.78, 5) is 11.2. The van der Waals surface area contributed by atoms with E-state index in [0.29, 0.717) is 21.3 Å². The topological polar surface area (TPSA) is 34.9 Å². The second-order valence-electron chi connectivity index (χ2n) is 5.30. The van der Waals surface area contributed by atoms with Crippen LogP contribution in [-0.2, 0) is 5.54 Å². The summed E-state index contributed by atoms with van der Waals surface area (Å²) in [6.45, 7) is 6.00. The Balaban J connectivity index is 2.58. The molecule has 0 N–H and O–H groups in total. The molecule has 0 bridgehead atoms. The van der Waals surface area contributed by atoms with Crippen molar-refractivity contribution in [3.63, 3.8) is 0 Å². The summed E-state index contributed by atoms with van der Waals surface area (Å²) in [5, 5.41) is 4.44. The van der Waals surface area contributed by atoms with Crippen molar-refractivity contribution < 1.29 is 9.18 Å². The van der Waals surface area contributed by atoms with Gasteiger partial charge in [-0.15, -0.1) is 0 Å². The van der Waals surface area contributed by atoms with Gasteiger partial charge in [-0.3, -0.25) is 9.48 Å². The second kappa shape index (κ2) is 4.89. The van der Waals surface area contributed by atoms with E-state index in [0.717, 1.165) is 6.29 Å². The molecular formula is C14H14BrFN2O. The van der Waals surface area contributed by atoms with Crippen molar-refractivity contribution >= 4 is 22.2 Å². The summed E-state index contributed by atoms with van der Waals surface area (Å²) in [5.41, 5.74) is 1.55. The SMILES string of the molecule is CC(C)(C)n1cc(C=O)c(-c2ccc(F)c(Br)c2)n1. The minimum atomic E-state index is -0.341. The molecular weight excluding hydrogens is 311 g/mol. The predicted octanol–water partition coefficient (Wildman–Crippen LogP) is 4.02. The van der Waals surface area contributed by atoms with Gasteiger partial charge in [0, 0.05) is 11.8 Å². The molecule has 0 aliphatic heterocycles. The lowest BCUT2D eigenvalue weighted by molar-refractivity contribution is 0.112. The molecule has 0 aliphatic carbocycles. The highest BCUT2D eigenvalue weighted by atomic mass is 79.9. The van der Waals surface area contributed by atoms with E-state index in [9.17, 15) is 9.18 Å². The monoisotopic (exact) mass is 324 g/mol. The van der Waals surface area contributed by atoms with E-state index in [1.807, 2.05) is 20.8 Å². The third-order valence-corrected chi connectivity index (χ3v) is 3.36. The number of carbonyl (C=O) groups excluding carboxylic acids is 1. The molecule has 0 atom stereocenters. The number of benzene rings is 1. The Morgan fingerprint density at radius 1 is 1.37 bits per heavy atom. The second-order valence-corrected chi connectivity index (χ2v) is 6.15. The molecule has 0 spiro atoms. The fourth-order valence-corrected chi connectivity index (χ4v) is 2.06. The molecule has 3 nitrogen and oxygen atoms in total. The average molecular weight is 325 g/mol. The molecule has 0 aliphatic rings. The number of hydrogen-bond donors (Lipinski definition) is 0. The van der Waals surface area contributed by atoms with E-state index in [1.165, 1.54) is 6.07 Å². The first-order chi connectivity index (χ1) is 8.82. The standard InChI is InChI=1S/C14H14BrFN2O/c1-14(2,3)18-7-10(8-19)13(17-18)9-4-5-12(16)11(15)6-9/h4-8H,1-3H3. The van der Waals surface area contributed by atoms with Gasteiger partial charge in [-0.05, 0) is 54.9 Å². The first-order valence-electron chi connectivity index (χ1n) is 5.83. The van der Waals surface area contributed by atoms with Crippen LogP contribution in [0, 0.1) is 5.82 Å². The molecule has 0 fully saturated rings. The maximum Gasteiger partial charge on any atom is 0.153 e. The molecule has 0 unspecified atom stereocenters. The van der Waals surface area contributed by atoms with Gasteiger partial charge in [0.05, 0.1) is 15.6 Å². The summed E-state index contributed by atoms with van der Waals surface area (Å²) in [5.74, 6) is -0.341. The van der Waals surface area contributed by atoms with Gasteiger partial charge in [0.1, 0.15) is 11.5 Å². The van der Waals surface area contributed by atoms with E-state index in [4.69, 9.17) is 0 Å². The average Bonchev–Trinajstić information content (AvgIpc) is 2.76. The first-order valence-corrected chi connectivity index (χ1v) is 6.63. The predicted molar refractivity (Wildman–Crippen MR) is 75.7 cm³/mol. The summed E-state index contributed by atoms with van der Waals surface area (Å²) >= 11 is 3.14. The van der Waals surface area contributed by atoms with E-state index >= 15 is 0 Å². The summed E-state index contributed by atoms with van der Waals surface area (Å²) in [6, 6.07) is 4.59. The Hall–Kier alpha value is -1.49. The van der Waals surface area contributed by atoms with Crippen molar-refractivity contribution in [3.8, 4) is 11.3 Å². The molecule has 5 heteroatoms. The van der Waals surface area contributed by atoms with Gasteiger partial charge in [-0.25, -0.2) is 4.39 Å². The Bertz CT molecular complexity index is 629. The van der Waals surface area contributed by atoms with E-state index in [1.54, 1.807) is 23.0 Å². The third kappa shape index (κ3) is 2.76. The van der Waals surface area contributed by atoms with Gasteiger partial charge in [-0.2, -0.15) is 5.10 Å². The van der Waals surface area contributed by atoms with Gasteiger partial charge in [0.15, 0.2) is 6.29 Å². The van der Waals surface area contributed by atoms with Crippen LogP contribution in [0.25, 0.3) is 11.3 Å². The van der Waals surface area contributed by atoms with Crippen molar-refractivity contribution in [3.05, 3.63) is 40.2 Å². The maximum absolute atomic E-state index is 13.2. The number of carbonyl (C=O) groups is 1. The van der Waals surface area contributed by atoms with Crippen molar-refractivity contribution in [1.82, 2.24) is 9.78 Å². The van der Waals surface area contributed by atoms with Gasteiger partial charge >= 0.3 is 0 Å². The minimum absolute atomic E-state index is 0.215. The number of aldehydes is 1. The van der Waals surface area contributed by atoms with Crippen molar-refractivity contribution in [2.24, 2.45) is 0 Å². The maximum atomic E-state index is 13.2. The smallest absolute Gasteiger partial charge is 0.153 e. The number of rotatable bonds is 2. The molecule has 0 saturated carbocycles. The number of aromatic nitrogens is 2. The van der Waals surface area contributed by atoms with Crippen LogP contribution in [0.4, 0.5) is 4.39 Å². The van der Waals surface area contributed by atoms with Gasteiger partial charge in [0.2, 0.25) is 0 Å². The number of nitrogens with zero attached hydrogens (tertiary/aromatic N) is 2. The van der Waals surface area contributed by atoms with Crippen LogP contribution in [-0.4, -0.2) is 16.1 Å². The molecule has 1 aromatic heterocycles. The van der Waals surface area contributed by atoms with Crippen LogP contribution in [0.1, 0.15) is 31.1 Å². The van der Waals surface area contributed by atoms with E-state index in [2.05, 4.69) is 21.0 Å². The molecule has 2 rings (SSSR count). The normalized spacial score (nSPS) is 11.6. The first kappa shape index (κ1) is 13.9. The minimum Gasteiger partial charge on any atom is -0.298 e. The fourth-order valence-electron chi connectivity index (χ4n) is 1.68. The van der Waals surface area contributed by atoms with Crippen LogP contribution in [0.2, 0.25) is 0 Å². The largest absolute Gasteiger partial charge is 0.298 e. The lowest BCUT2D eigenvalue weighted by Crippen LogP contribution is -2.22. The van der Waals surface area contributed by atoms with Crippen LogP contribution >= 0.6 is 15.9 Å². The van der Waals surface area contributed by atoms with Crippen LogP contribution in [0.5, 0.6) is 0 Å². The summed E-state index contributed by atoms with van der Waals surface area (Å²) < 4.78 is 15.3. The lowest BCUT2D eigenvalue weighted by Gasteiger charge is -2.18. The molecule has 19 heavy (non-hydrogen) atoms. The zero-order valence-corrected chi connectivity index (χ0v) is 12.5. The van der Waals surface area contributed by atoms with Crippen LogP contribution in [0.15, 0.2) is 28.9 Å². The molecule has 0 radical (unpaired) electrons. The van der Waals surface area contributed by atoms with Crippen molar-refractivity contribution in [1.29, 1.82) is 0 Å². The number of hydrogen-bond acceptors (Lipinski definition) is 2. The molecule has 1 aromatic carbocycles. The van der Waals surface area contributed by atoms with E-state index in [-0.39, 0.29) is 11.4 Å². The molecule has 2 aromatic rings. The Morgan fingerprint density at radius 2 is 2.05 bits per heavy atom.